The summed E-state index contributed by atoms with van der Waals surface area (Å²) in [6.07, 6.45) is 6.48. The van der Waals surface area contributed by atoms with Crippen molar-refractivity contribution in [1.82, 2.24) is 15.2 Å². The Morgan fingerprint density at radius 1 is 1.13 bits per heavy atom. The molecule has 0 bridgehead atoms. The van der Waals surface area contributed by atoms with Crippen molar-refractivity contribution in [2.24, 2.45) is 5.92 Å². The van der Waals surface area contributed by atoms with E-state index in [0.717, 1.165) is 66.5 Å². The summed E-state index contributed by atoms with van der Waals surface area (Å²) < 4.78 is 14.0. The Labute approximate surface area is 222 Å². The number of carbonyl (C=O) groups excluding carboxylic acids is 2. The van der Waals surface area contributed by atoms with Gasteiger partial charge in [-0.1, -0.05) is 24.3 Å². The lowest BCUT2D eigenvalue weighted by Gasteiger charge is -2.25. The van der Waals surface area contributed by atoms with Crippen LogP contribution in [0.25, 0.3) is 22.8 Å². The summed E-state index contributed by atoms with van der Waals surface area (Å²) in [5, 5.41) is 6.51. The highest BCUT2D eigenvalue weighted by atomic mass is 19.1. The van der Waals surface area contributed by atoms with Crippen LogP contribution in [0.1, 0.15) is 58.6 Å². The van der Waals surface area contributed by atoms with Crippen LogP contribution >= 0.6 is 0 Å². The van der Waals surface area contributed by atoms with Gasteiger partial charge in [-0.25, -0.2) is 4.39 Å². The number of likely N-dealkylation sites (tertiary alicyclic amines) is 1. The number of hydrogen-bond donors (Lipinski definition) is 3. The number of fused-ring (bicyclic) bond motifs is 1. The second-order valence-electron chi connectivity index (χ2n) is 10.8. The summed E-state index contributed by atoms with van der Waals surface area (Å²) in [6.45, 7) is 6.49. The van der Waals surface area contributed by atoms with Gasteiger partial charge in [-0.3, -0.25) is 9.59 Å². The molecule has 0 radical (unpaired) electrons. The van der Waals surface area contributed by atoms with Crippen molar-refractivity contribution in [2.45, 2.75) is 45.6 Å². The van der Waals surface area contributed by atoms with Crippen LogP contribution in [-0.2, 0) is 4.79 Å². The van der Waals surface area contributed by atoms with Crippen LogP contribution in [0.15, 0.2) is 42.5 Å². The highest BCUT2D eigenvalue weighted by molar-refractivity contribution is 6.36. The van der Waals surface area contributed by atoms with Gasteiger partial charge in [0, 0.05) is 41.8 Å². The van der Waals surface area contributed by atoms with E-state index in [0.29, 0.717) is 22.4 Å². The normalized spacial score (nSPS) is 19.8. The van der Waals surface area contributed by atoms with E-state index in [2.05, 4.69) is 15.6 Å². The zero-order valence-electron chi connectivity index (χ0n) is 21.9. The molecule has 1 aliphatic carbocycles. The van der Waals surface area contributed by atoms with Crippen molar-refractivity contribution in [3.8, 4) is 11.1 Å². The maximum atomic E-state index is 14.0. The first kappa shape index (κ1) is 24.6. The van der Waals surface area contributed by atoms with Gasteiger partial charge >= 0.3 is 0 Å². The number of hydrogen-bond acceptors (Lipinski definition) is 3. The summed E-state index contributed by atoms with van der Waals surface area (Å²) in [4.78, 5) is 32.2. The maximum absolute atomic E-state index is 14.0. The van der Waals surface area contributed by atoms with Gasteiger partial charge in [0.05, 0.1) is 11.1 Å². The van der Waals surface area contributed by atoms with Gasteiger partial charge in [0.15, 0.2) is 0 Å². The monoisotopic (exact) mass is 512 g/mol. The third-order valence-electron chi connectivity index (χ3n) is 8.09. The minimum atomic E-state index is -0.329. The molecule has 6 rings (SSSR count). The molecule has 6 nitrogen and oxygen atoms in total. The first-order valence-electron chi connectivity index (χ1n) is 13.5. The summed E-state index contributed by atoms with van der Waals surface area (Å²) >= 11 is 0. The molecular formula is C31H33FN4O2. The number of rotatable bonds is 7. The van der Waals surface area contributed by atoms with Crippen molar-refractivity contribution >= 4 is 29.2 Å². The number of anilines is 1. The fourth-order valence-corrected chi connectivity index (χ4v) is 5.90. The first-order valence-corrected chi connectivity index (χ1v) is 13.5. The SMILES string of the molecule is Cc1[nH]c(C=C2C(=O)Nc3cccc(-c4cccc(F)c4)c32)c(C)c1C(=O)N1CCC[C@H]1CNCC1CC1. The van der Waals surface area contributed by atoms with Gasteiger partial charge in [0.2, 0.25) is 0 Å². The molecule has 3 aliphatic rings. The molecule has 38 heavy (non-hydrogen) atoms. The number of nitrogens with one attached hydrogen (secondary N) is 3. The molecule has 3 aromatic rings. The topological polar surface area (TPSA) is 77.2 Å². The Hall–Kier alpha value is -3.71. The molecule has 1 saturated carbocycles. The molecule has 2 amide bonds. The molecule has 2 fully saturated rings. The van der Waals surface area contributed by atoms with Gasteiger partial charge in [-0.15, -0.1) is 0 Å². The molecule has 1 saturated heterocycles. The largest absolute Gasteiger partial charge is 0.358 e. The van der Waals surface area contributed by atoms with Gasteiger partial charge in [0.25, 0.3) is 11.8 Å². The third-order valence-corrected chi connectivity index (χ3v) is 8.09. The van der Waals surface area contributed by atoms with E-state index in [-0.39, 0.29) is 23.7 Å². The zero-order valence-corrected chi connectivity index (χ0v) is 21.9. The minimum Gasteiger partial charge on any atom is -0.358 e. The van der Waals surface area contributed by atoms with Crippen LogP contribution in [0.4, 0.5) is 10.1 Å². The number of benzene rings is 2. The molecule has 2 aliphatic heterocycles. The van der Waals surface area contributed by atoms with Crippen LogP contribution in [0.2, 0.25) is 0 Å². The highest BCUT2D eigenvalue weighted by Gasteiger charge is 2.33. The number of aromatic nitrogens is 1. The van der Waals surface area contributed by atoms with E-state index < -0.39 is 0 Å². The number of halogens is 1. The molecule has 3 N–H and O–H groups in total. The molecule has 0 unspecified atom stereocenters. The molecule has 2 aromatic carbocycles. The van der Waals surface area contributed by atoms with Crippen molar-refractivity contribution in [2.75, 3.05) is 25.0 Å². The van der Waals surface area contributed by atoms with Crippen LogP contribution < -0.4 is 10.6 Å². The molecule has 3 heterocycles. The van der Waals surface area contributed by atoms with Crippen LogP contribution in [-0.4, -0.2) is 47.4 Å². The number of carbonyl (C=O) groups is 2. The Kier molecular flexibility index (Phi) is 6.40. The van der Waals surface area contributed by atoms with E-state index >= 15 is 0 Å². The van der Waals surface area contributed by atoms with Crippen LogP contribution in [0.5, 0.6) is 0 Å². The lowest BCUT2D eigenvalue weighted by atomic mass is 9.94. The van der Waals surface area contributed by atoms with E-state index in [1.54, 1.807) is 6.07 Å². The Morgan fingerprint density at radius 3 is 2.74 bits per heavy atom. The Morgan fingerprint density at radius 2 is 1.95 bits per heavy atom. The van der Waals surface area contributed by atoms with Gasteiger partial charge in [-0.05, 0) is 93.0 Å². The van der Waals surface area contributed by atoms with E-state index in [1.165, 1.54) is 25.0 Å². The van der Waals surface area contributed by atoms with Gasteiger partial charge in [0.1, 0.15) is 5.82 Å². The fraction of sp³-hybridized carbons (Fsp3) is 0.355. The predicted octanol–water partition coefficient (Wildman–Crippen LogP) is 5.53. The van der Waals surface area contributed by atoms with E-state index in [1.807, 2.05) is 49.1 Å². The Bertz CT molecular complexity index is 1450. The quantitative estimate of drug-likeness (QED) is 0.364. The average molecular weight is 513 g/mol. The summed E-state index contributed by atoms with van der Waals surface area (Å²) in [7, 11) is 0. The zero-order chi connectivity index (χ0) is 26.4. The van der Waals surface area contributed by atoms with Gasteiger partial charge in [-0.2, -0.15) is 0 Å². The van der Waals surface area contributed by atoms with Crippen molar-refractivity contribution in [3.63, 3.8) is 0 Å². The first-order chi connectivity index (χ1) is 18.4. The number of aromatic amines is 1. The summed E-state index contributed by atoms with van der Waals surface area (Å²) in [5.74, 6) is 0.313. The fourth-order valence-electron chi connectivity index (χ4n) is 5.90. The van der Waals surface area contributed by atoms with Crippen molar-refractivity contribution in [1.29, 1.82) is 0 Å². The number of nitrogens with zero attached hydrogens (tertiary/aromatic N) is 1. The van der Waals surface area contributed by atoms with E-state index in [4.69, 9.17) is 0 Å². The highest BCUT2D eigenvalue weighted by Crippen LogP contribution is 2.41. The molecule has 0 spiro atoms. The molecule has 196 valence electrons. The second-order valence-corrected chi connectivity index (χ2v) is 10.8. The van der Waals surface area contributed by atoms with Gasteiger partial charge < -0.3 is 20.5 Å². The average Bonchev–Trinajstić information content (AvgIpc) is 3.39. The van der Waals surface area contributed by atoms with Crippen LogP contribution in [0.3, 0.4) is 0 Å². The number of aryl methyl sites for hydroxylation is 1. The summed E-state index contributed by atoms with van der Waals surface area (Å²) in [5.41, 5.74) is 6.46. The summed E-state index contributed by atoms with van der Waals surface area (Å²) in [6, 6.07) is 12.2. The van der Waals surface area contributed by atoms with Crippen molar-refractivity contribution < 1.29 is 14.0 Å². The molecule has 1 aromatic heterocycles. The standard InChI is InChI=1S/C31H33FN4O2/c1-18-27(34-19(2)28(18)31(38)36-13-5-8-23(36)17-33-16-20-11-12-20)15-25-29-24(21-6-3-7-22(32)14-21)9-4-10-26(29)35-30(25)37/h3-4,6-7,9-10,14-15,20,23,33-34H,5,8,11-13,16-17H2,1-2H3,(H,35,37)/t23-/m0/s1. The molecule has 7 heteroatoms. The minimum absolute atomic E-state index is 0.0494. The lowest BCUT2D eigenvalue weighted by molar-refractivity contribution is -0.110. The van der Waals surface area contributed by atoms with Crippen LogP contribution in [0, 0.1) is 25.6 Å². The number of H-pyrrole nitrogens is 1. The Balaban J connectivity index is 1.32. The predicted molar refractivity (Wildman–Crippen MR) is 148 cm³/mol. The maximum Gasteiger partial charge on any atom is 0.256 e. The number of amides is 2. The third kappa shape index (κ3) is 4.56. The second kappa shape index (κ2) is 9.87. The lowest BCUT2D eigenvalue weighted by Crippen LogP contribution is -2.42. The van der Waals surface area contributed by atoms with E-state index in [9.17, 15) is 14.0 Å². The molecule has 1 atom stereocenters. The molecular weight excluding hydrogens is 479 g/mol. The van der Waals surface area contributed by atoms with Crippen molar-refractivity contribution in [3.05, 3.63) is 76.4 Å². The smallest absolute Gasteiger partial charge is 0.256 e.